The molecule has 0 radical (unpaired) electrons. The number of rotatable bonds is 2. The van der Waals surface area contributed by atoms with E-state index in [1.807, 2.05) is 0 Å². The minimum Gasteiger partial charge on any atom is -0.465 e. The van der Waals surface area contributed by atoms with Crippen molar-refractivity contribution in [2.24, 2.45) is 0 Å². The highest BCUT2D eigenvalue weighted by Gasteiger charge is 2.15. The summed E-state index contributed by atoms with van der Waals surface area (Å²) in [5.74, 6) is -0.411. The van der Waals surface area contributed by atoms with E-state index in [-0.39, 0.29) is 0 Å². The predicted molar refractivity (Wildman–Crippen MR) is 85.3 cm³/mol. The van der Waals surface area contributed by atoms with Crippen LogP contribution in [0.1, 0.15) is 31.1 Å². The van der Waals surface area contributed by atoms with Crippen molar-refractivity contribution in [3.8, 4) is 0 Å². The van der Waals surface area contributed by atoms with Gasteiger partial charge in [-0.05, 0) is 45.0 Å². The Hall–Kier alpha value is -2.56. The van der Waals surface area contributed by atoms with Crippen LogP contribution in [0, 0.1) is 0 Å². The second-order valence-corrected chi connectivity index (χ2v) is 5.47. The van der Waals surface area contributed by atoms with Crippen molar-refractivity contribution < 1.29 is 19.1 Å². The van der Waals surface area contributed by atoms with Gasteiger partial charge >= 0.3 is 12.1 Å². The van der Waals surface area contributed by atoms with Crippen molar-refractivity contribution in [2.45, 2.75) is 26.4 Å². The summed E-state index contributed by atoms with van der Waals surface area (Å²) in [5, 5.41) is 2.65. The largest absolute Gasteiger partial charge is 0.465 e. The van der Waals surface area contributed by atoms with Crippen LogP contribution in [-0.4, -0.2) is 24.8 Å². The maximum atomic E-state index is 11.7. The molecule has 0 saturated carbocycles. The van der Waals surface area contributed by atoms with Crippen LogP contribution in [0.15, 0.2) is 48.5 Å². The Bertz CT molecular complexity index is 562. The van der Waals surface area contributed by atoms with Crippen LogP contribution >= 0.6 is 0 Å². The molecule has 1 N–H and O–H groups in total. The topological polar surface area (TPSA) is 64.6 Å². The molecule has 0 atom stereocenters. The Balaban J connectivity index is 2.95. The molecule has 1 aromatic carbocycles. The monoisotopic (exact) mass is 303 g/mol. The number of hydrogen-bond donors (Lipinski definition) is 1. The molecule has 0 saturated heterocycles. The minimum atomic E-state index is -0.557. The van der Waals surface area contributed by atoms with E-state index in [1.54, 1.807) is 69.3 Å². The zero-order chi connectivity index (χ0) is 16.6. The van der Waals surface area contributed by atoms with Crippen molar-refractivity contribution in [1.82, 2.24) is 0 Å². The molecule has 5 heteroatoms. The average molecular weight is 303 g/mol. The zero-order valence-electron chi connectivity index (χ0n) is 13.3. The van der Waals surface area contributed by atoms with Gasteiger partial charge < -0.3 is 9.47 Å². The van der Waals surface area contributed by atoms with Gasteiger partial charge in [-0.1, -0.05) is 24.3 Å². The lowest BCUT2D eigenvalue weighted by Gasteiger charge is -2.19. The number of carbonyl (C=O) groups is 2. The second-order valence-electron chi connectivity index (χ2n) is 5.47. The molecule has 0 aliphatic carbocycles. The van der Waals surface area contributed by atoms with Crippen molar-refractivity contribution in [1.29, 1.82) is 0 Å². The third-order valence-electron chi connectivity index (χ3n) is 2.39. The van der Waals surface area contributed by atoms with Gasteiger partial charge in [-0.15, -0.1) is 0 Å². The number of amides is 1. The van der Waals surface area contributed by atoms with Crippen molar-refractivity contribution in [3.63, 3.8) is 0 Å². The Labute approximate surface area is 130 Å². The van der Waals surface area contributed by atoms with Gasteiger partial charge in [-0.3, -0.25) is 5.32 Å². The van der Waals surface area contributed by atoms with E-state index in [1.165, 1.54) is 7.11 Å². The predicted octanol–water partition coefficient (Wildman–Crippen LogP) is 3.94. The fourth-order valence-corrected chi connectivity index (χ4v) is 1.51. The van der Waals surface area contributed by atoms with Crippen molar-refractivity contribution in [3.05, 3.63) is 54.1 Å². The fraction of sp³-hybridized carbons (Fsp3) is 0.294. The molecule has 5 nitrogen and oxygen atoms in total. The Kier molecular flexibility index (Phi) is 6.38. The molecule has 0 bridgehead atoms. The van der Waals surface area contributed by atoms with Gasteiger partial charge in [0.1, 0.15) is 5.60 Å². The van der Waals surface area contributed by atoms with Crippen LogP contribution in [0.2, 0.25) is 0 Å². The molecule has 1 amide bonds. The van der Waals surface area contributed by atoms with Crippen LogP contribution < -0.4 is 5.32 Å². The standard InChI is InChI=1S/C17H21NO4/c1-17(2,3)22-16(20)18-14-11-7-5-9-13(15(19)21-4)10-6-8-12-14/h5-12H,1-4H3,(H,18,20). The van der Waals surface area contributed by atoms with Crippen LogP contribution in [0.3, 0.4) is 0 Å². The number of methoxy groups -OCH3 is 1. The zero-order valence-corrected chi connectivity index (χ0v) is 13.3. The summed E-state index contributed by atoms with van der Waals surface area (Å²) in [4.78, 5) is 23.2. The SMILES string of the molecule is COC(=O)c1ccccc(NC(=O)OC(C)(C)C)cccc1. The number of nitrogens with one attached hydrogen (secondary N) is 1. The molecule has 22 heavy (non-hydrogen) atoms. The maximum Gasteiger partial charge on any atom is 0.412 e. The van der Waals surface area contributed by atoms with Gasteiger partial charge in [-0.25, -0.2) is 9.59 Å². The first-order valence-electron chi connectivity index (χ1n) is 6.83. The maximum absolute atomic E-state index is 11.7. The highest BCUT2D eigenvalue weighted by atomic mass is 16.6. The van der Waals surface area contributed by atoms with Gasteiger partial charge in [-0.2, -0.15) is 0 Å². The fourth-order valence-electron chi connectivity index (χ4n) is 1.51. The smallest absolute Gasteiger partial charge is 0.412 e. The lowest BCUT2D eigenvalue weighted by Crippen LogP contribution is -2.27. The van der Waals surface area contributed by atoms with Gasteiger partial charge in [0.05, 0.1) is 12.7 Å². The van der Waals surface area contributed by atoms with E-state index in [9.17, 15) is 9.59 Å². The van der Waals surface area contributed by atoms with E-state index in [0.29, 0.717) is 11.3 Å². The van der Waals surface area contributed by atoms with Crippen LogP contribution in [0.25, 0.3) is 0 Å². The average Bonchev–Trinajstić information content (AvgIpc) is 2.42. The summed E-state index contributed by atoms with van der Waals surface area (Å²) in [6.45, 7) is 5.39. The summed E-state index contributed by atoms with van der Waals surface area (Å²) in [5.41, 5.74) is 0.448. The number of ether oxygens (including phenoxy) is 2. The van der Waals surface area contributed by atoms with E-state index in [0.717, 1.165) is 0 Å². The minimum absolute atomic E-state index is 0.411. The third-order valence-corrected chi connectivity index (χ3v) is 2.39. The summed E-state index contributed by atoms with van der Waals surface area (Å²) in [7, 11) is 1.33. The molecular formula is C17H21NO4. The quantitative estimate of drug-likeness (QED) is 0.840. The molecule has 1 rings (SSSR count). The molecule has 0 unspecified atom stereocenters. The van der Waals surface area contributed by atoms with Crippen molar-refractivity contribution in [2.75, 3.05) is 12.4 Å². The lowest BCUT2D eigenvalue weighted by atomic mass is 10.2. The summed E-state index contributed by atoms with van der Waals surface area (Å²) < 4.78 is 9.86. The third kappa shape index (κ3) is 6.74. The number of esters is 1. The Morgan fingerprint density at radius 3 is 1.91 bits per heavy atom. The van der Waals surface area contributed by atoms with Gasteiger partial charge in [0, 0.05) is 5.69 Å². The second kappa shape index (κ2) is 8.02. The molecule has 0 heterocycles. The Morgan fingerprint density at radius 2 is 1.45 bits per heavy atom. The van der Waals surface area contributed by atoms with Crippen LogP contribution in [-0.2, 0) is 9.47 Å². The molecule has 0 aliphatic heterocycles. The van der Waals surface area contributed by atoms with Gasteiger partial charge in [0.25, 0.3) is 0 Å². The number of hydrogen-bond acceptors (Lipinski definition) is 4. The molecule has 0 spiro atoms. The van der Waals surface area contributed by atoms with E-state index >= 15 is 0 Å². The molecule has 0 aromatic heterocycles. The normalized spacial score (nSPS) is 10.2. The van der Waals surface area contributed by atoms with Crippen LogP contribution in [0.4, 0.5) is 10.5 Å². The first-order chi connectivity index (χ1) is 10.3. The summed E-state index contributed by atoms with van der Waals surface area (Å²) >= 11 is 0. The molecular weight excluding hydrogens is 282 g/mol. The first kappa shape index (κ1) is 17.5. The van der Waals surface area contributed by atoms with E-state index in [2.05, 4.69) is 10.1 Å². The number of anilines is 1. The van der Waals surface area contributed by atoms with Gasteiger partial charge in [0.15, 0.2) is 0 Å². The lowest BCUT2D eigenvalue weighted by molar-refractivity contribution is 0.0598. The van der Waals surface area contributed by atoms with Crippen LogP contribution in [0.5, 0.6) is 0 Å². The summed E-state index contributed by atoms with van der Waals surface area (Å²) in [6, 6.07) is 13.4. The van der Waals surface area contributed by atoms with Gasteiger partial charge in [0.2, 0.25) is 0 Å². The highest BCUT2D eigenvalue weighted by Crippen LogP contribution is 2.10. The molecule has 0 fully saturated rings. The van der Waals surface area contributed by atoms with E-state index < -0.39 is 17.7 Å². The Morgan fingerprint density at radius 1 is 0.955 bits per heavy atom. The van der Waals surface area contributed by atoms with Crippen molar-refractivity contribution >= 4 is 17.7 Å². The molecule has 0 aliphatic rings. The van der Waals surface area contributed by atoms with E-state index in [4.69, 9.17) is 4.74 Å². The number of carbonyl (C=O) groups excluding carboxylic acids is 2. The summed E-state index contributed by atoms with van der Waals surface area (Å²) in [6.07, 6.45) is -0.524. The molecule has 1 aromatic rings. The molecule has 118 valence electrons. The highest BCUT2D eigenvalue weighted by molar-refractivity contribution is 5.89. The first-order valence-corrected chi connectivity index (χ1v) is 6.83.